The van der Waals surface area contributed by atoms with Crippen molar-refractivity contribution in [3.63, 3.8) is 0 Å². The summed E-state index contributed by atoms with van der Waals surface area (Å²) in [5, 5.41) is 39.3. The number of ether oxygens (including phenoxy) is 3. The van der Waals surface area contributed by atoms with Crippen LogP contribution < -0.4 is 14.2 Å². The van der Waals surface area contributed by atoms with Crippen molar-refractivity contribution >= 4 is 12.2 Å². The molecular formula is C32H47NO7. The van der Waals surface area contributed by atoms with Crippen LogP contribution in [-0.4, -0.2) is 90.2 Å². The smallest absolute Gasteiger partial charge is 0.123 e. The fourth-order valence-electron chi connectivity index (χ4n) is 5.10. The Bertz CT molecular complexity index is 991. The molecule has 222 valence electrons. The Labute approximate surface area is 238 Å². The first kappa shape index (κ1) is 31.9. The zero-order valence-electron chi connectivity index (χ0n) is 24.0. The fourth-order valence-corrected chi connectivity index (χ4v) is 5.10. The van der Waals surface area contributed by atoms with Crippen molar-refractivity contribution < 1.29 is 34.6 Å². The van der Waals surface area contributed by atoms with Crippen LogP contribution in [0.4, 0.5) is 0 Å². The normalized spacial score (nSPS) is 21.6. The minimum atomic E-state index is -1.19. The predicted molar refractivity (Wildman–Crippen MR) is 158 cm³/mol. The Morgan fingerprint density at radius 3 is 1.90 bits per heavy atom. The molecule has 1 unspecified atom stereocenters. The Kier molecular flexibility index (Phi) is 13.8. The quantitative estimate of drug-likeness (QED) is 0.170. The van der Waals surface area contributed by atoms with Crippen LogP contribution >= 0.6 is 0 Å². The molecule has 0 spiro atoms. The molecule has 0 saturated carbocycles. The molecule has 0 aromatic heterocycles. The van der Waals surface area contributed by atoms with Gasteiger partial charge < -0.3 is 34.6 Å². The Hall–Kier alpha value is -2.62. The number of hydrogen-bond donors (Lipinski definition) is 4. The van der Waals surface area contributed by atoms with E-state index in [1.165, 1.54) is 19.3 Å². The standard InChI is InChI=1S/C32H47NO7/c1-38-27-19-25(20-28(21-27)39-2)12-11-24-13-15-26(16-14-24)40-18-10-8-6-4-3-5-7-9-17-33-22-30(35)32(37)31(36)29(33)23-34/h11-16,19-21,29-32,34-37H,3-10,17-18,22-23H2,1-2H3/b12-11+/t29-,30+,31?,32-/m1/s1. The van der Waals surface area contributed by atoms with E-state index in [4.69, 9.17) is 14.2 Å². The maximum Gasteiger partial charge on any atom is 0.123 e. The molecule has 4 N–H and O–H groups in total. The van der Waals surface area contributed by atoms with Gasteiger partial charge in [0.2, 0.25) is 0 Å². The minimum absolute atomic E-state index is 0.223. The SMILES string of the molecule is COc1cc(/C=C/c2ccc(OCCCCCCCCCCN3C[C@H](O)[C@@H](O)C(O)[C@H]3CO)cc2)cc(OC)c1. The molecule has 8 heteroatoms. The van der Waals surface area contributed by atoms with Crippen LogP contribution in [0.2, 0.25) is 0 Å². The van der Waals surface area contributed by atoms with Crippen LogP contribution in [0.25, 0.3) is 12.2 Å². The molecule has 40 heavy (non-hydrogen) atoms. The van der Waals surface area contributed by atoms with Crippen LogP contribution in [-0.2, 0) is 0 Å². The van der Waals surface area contributed by atoms with Crippen molar-refractivity contribution in [2.75, 3.05) is 40.5 Å². The van der Waals surface area contributed by atoms with Gasteiger partial charge >= 0.3 is 0 Å². The highest BCUT2D eigenvalue weighted by Crippen LogP contribution is 2.24. The lowest BCUT2D eigenvalue weighted by Gasteiger charge is -2.43. The zero-order valence-corrected chi connectivity index (χ0v) is 24.0. The van der Waals surface area contributed by atoms with E-state index in [9.17, 15) is 20.4 Å². The van der Waals surface area contributed by atoms with Crippen molar-refractivity contribution in [2.45, 2.75) is 75.7 Å². The lowest BCUT2D eigenvalue weighted by atomic mass is 9.94. The Balaban J connectivity index is 1.22. The fraction of sp³-hybridized carbons (Fsp3) is 0.562. The molecule has 2 aromatic carbocycles. The third-order valence-electron chi connectivity index (χ3n) is 7.55. The average Bonchev–Trinajstić information content (AvgIpc) is 2.98. The largest absolute Gasteiger partial charge is 0.497 e. The lowest BCUT2D eigenvalue weighted by Crippen LogP contribution is -2.62. The summed E-state index contributed by atoms with van der Waals surface area (Å²) in [7, 11) is 3.29. The number of rotatable bonds is 17. The molecular weight excluding hydrogens is 510 g/mol. The molecule has 0 amide bonds. The molecule has 1 fully saturated rings. The molecule has 0 bridgehead atoms. The first-order valence-corrected chi connectivity index (χ1v) is 14.5. The summed E-state index contributed by atoms with van der Waals surface area (Å²) >= 11 is 0. The van der Waals surface area contributed by atoms with E-state index in [2.05, 4.69) is 6.08 Å². The van der Waals surface area contributed by atoms with E-state index in [1.54, 1.807) is 14.2 Å². The molecule has 1 heterocycles. The number of nitrogens with zero attached hydrogens (tertiary/aromatic N) is 1. The minimum Gasteiger partial charge on any atom is -0.497 e. The van der Waals surface area contributed by atoms with Gasteiger partial charge in [0.05, 0.1) is 39.6 Å². The second-order valence-electron chi connectivity index (χ2n) is 10.5. The Morgan fingerprint density at radius 1 is 0.725 bits per heavy atom. The van der Waals surface area contributed by atoms with Gasteiger partial charge in [-0.15, -0.1) is 0 Å². The summed E-state index contributed by atoms with van der Waals surface area (Å²) in [5.74, 6) is 2.40. The van der Waals surface area contributed by atoms with Crippen molar-refractivity contribution in [1.82, 2.24) is 4.90 Å². The topological polar surface area (TPSA) is 112 Å². The van der Waals surface area contributed by atoms with Gasteiger partial charge in [-0.05, 0) is 54.8 Å². The average molecular weight is 558 g/mol. The maximum absolute atomic E-state index is 10.1. The Morgan fingerprint density at radius 2 is 1.30 bits per heavy atom. The number of piperidine rings is 1. The molecule has 1 saturated heterocycles. The second-order valence-corrected chi connectivity index (χ2v) is 10.5. The van der Waals surface area contributed by atoms with Crippen molar-refractivity contribution in [3.8, 4) is 17.2 Å². The van der Waals surface area contributed by atoms with E-state index >= 15 is 0 Å². The van der Waals surface area contributed by atoms with E-state index in [1.807, 2.05) is 53.4 Å². The number of aliphatic hydroxyl groups is 4. The van der Waals surface area contributed by atoms with Gasteiger partial charge in [0, 0.05) is 12.6 Å². The van der Waals surface area contributed by atoms with E-state index in [0.29, 0.717) is 13.2 Å². The van der Waals surface area contributed by atoms with Gasteiger partial charge in [0.25, 0.3) is 0 Å². The first-order valence-electron chi connectivity index (χ1n) is 14.5. The molecule has 3 rings (SSSR count). The van der Waals surface area contributed by atoms with Gasteiger partial charge in [-0.25, -0.2) is 0 Å². The number of unbranched alkanes of at least 4 members (excludes halogenated alkanes) is 7. The number of β-amino-alcohol motifs (C(OH)–C–C–N with tert-alkyl or cyclic N) is 1. The zero-order chi connectivity index (χ0) is 28.7. The summed E-state index contributed by atoms with van der Waals surface area (Å²) < 4.78 is 16.6. The van der Waals surface area contributed by atoms with Crippen molar-refractivity contribution in [2.24, 2.45) is 0 Å². The highest BCUT2D eigenvalue weighted by molar-refractivity contribution is 5.71. The lowest BCUT2D eigenvalue weighted by molar-refractivity contribution is -0.145. The highest BCUT2D eigenvalue weighted by Gasteiger charge is 2.40. The van der Waals surface area contributed by atoms with Gasteiger partial charge in [-0.3, -0.25) is 4.90 Å². The molecule has 1 aliphatic heterocycles. The number of benzene rings is 2. The van der Waals surface area contributed by atoms with E-state index < -0.39 is 24.4 Å². The number of likely N-dealkylation sites (tertiary alicyclic amines) is 1. The van der Waals surface area contributed by atoms with E-state index in [-0.39, 0.29) is 13.2 Å². The first-order chi connectivity index (χ1) is 19.4. The second kappa shape index (κ2) is 17.3. The van der Waals surface area contributed by atoms with Crippen molar-refractivity contribution in [1.29, 1.82) is 0 Å². The predicted octanol–water partition coefficient (Wildman–Crippen LogP) is 4.13. The summed E-state index contributed by atoms with van der Waals surface area (Å²) in [6.45, 7) is 1.48. The summed E-state index contributed by atoms with van der Waals surface area (Å²) in [4.78, 5) is 1.90. The van der Waals surface area contributed by atoms with Gasteiger partial charge in [0.1, 0.15) is 29.5 Å². The van der Waals surface area contributed by atoms with Gasteiger partial charge in [-0.1, -0.05) is 62.8 Å². The summed E-state index contributed by atoms with van der Waals surface area (Å²) in [5.41, 5.74) is 2.10. The molecule has 0 radical (unpaired) electrons. The maximum atomic E-state index is 10.1. The summed E-state index contributed by atoms with van der Waals surface area (Å²) in [6.07, 6.45) is 9.74. The third kappa shape index (κ3) is 10.1. The molecule has 8 nitrogen and oxygen atoms in total. The van der Waals surface area contributed by atoms with Crippen LogP contribution in [0.1, 0.15) is 62.5 Å². The van der Waals surface area contributed by atoms with Gasteiger partial charge in [-0.2, -0.15) is 0 Å². The number of methoxy groups -OCH3 is 2. The van der Waals surface area contributed by atoms with E-state index in [0.717, 1.165) is 60.5 Å². The summed E-state index contributed by atoms with van der Waals surface area (Å²) in [6, 6.07) is 13.4. The number of hydrogen-bond acceptors (Lipinski definition) is 8. The molecule has 0 aliphatic carbocycles. The van der Waals surface area contributed by atoms with Crippen LogP contribution in [0.15, 0.2) is 42.5 Å². The third-order valence-corrected chi connectivity index (χ3v) is 7.55. The highest BCUT2D eigenvalue weighted by atomic mass is 16.5. The van der Waals surface area contributed by atoms with Gasteiger partial charge in [0.15, 0.2) is 0 Å². The molecule has 4 atom stereocenters. The molecule has 1 aliphatic rings. The van der Waals surface area contributed by atoms with Crippen LogP contribution in [0, 0.1) is 0 Å². The monoisotopic (exact) mass is 557 g/mol. The van der Waals surface area contributed by atoms with Crippen molar-refractivity contribution in [3.05, 3.63) is 53.6 Å². The number of aliphatic hydroxyl groups excluding tert-OH is 4. The van der Waals surface area contributed by atoms with Crippen LogP contribution in [0.5, 0.6) is 17.2 Å². The van der Waals surface area contributed by atoms with Crippen LogP contribution in [0.3, 0.4) is 0 Å². The molecule has 2 aromatic rings.